The first-order chi connectivity index (χ1) is 24.5. The standard InChI is InChI=1S/C32HF21/c33-3-1-2(31(52)9-4(14(35)23(44)27(48)19(9)40)5-10(31)20(41)28(49)24(45)15(5)36)8(18(39)13(3)34)32(53)11-6(16(37)25(46)29(50)21(11)42)7-12(32)22(43)30(51)26(47)17(7)38/h1H. The van der Waals surface area contributed by atoms with E-state index in [2.05, 4.69) is 0 Å². The smallest absolute Gasteiger partial charge is 0.198 e. The molecule has 2 aliphatic carbocycles. The van der Waals surface area contributed by atoms with Crippen molar-refractivity contribution in [3.63, 3.8) is 0 Å². The molecule has 7 rings (SSSR count). The SMILES string of the molecule is Fc1cc(C2(F)c3c(F)c(F)c(F)c(F)c3-c3c(F)c(F)c(F)c(F)c32)c(C2(F)c3c(F)c(F)c(F)c(F)c3-c3c(F)c(F)c(F)c(F)c32)c(F)c1F. The minimum Gasteiger partial charge on any atom is -0.228 e. The number of hydrogen-bond donors (Lipinski definition) is 0. The van der Waals surface area contributed by atoms with Gasteiger partial charge >= 0.3 is 0 Å². The third kappa shape index (κ3) is 3.88. The zero-order chi connectivity index (χ0) is 39.5. The molecule has 276 valence electrons. The van der Waals surface area contributed by atoms with Gasteiger partial charge in [0.1, 0.15) is 0 Å². The molecule has 0 bridgehead atoms. The lowest BCUT2D eigenvalue weighted by molar-refractivity contribution is 0.220. The van der Waals surface area contributed by atoms with E-state index >= 15 is 48.3 Å². The van der Waals surface area contributed by atoms with Crippen molar-refractivity contribution in [2.45, 2.75) is 11.3 Å². The molecule has 5 aromatic rings. The molecular formula is C32HF21. The van der Waals surface area contributed by atoms with Crippen molar-refractivity contribution in [3.8, 4) is 22.3 Å². The van der Waals surface area contributed by atoms with Crippen LogP contribution in [0.2, 0.25) is 0 Å². The summed E-state index contributed by atoms with van der Waals surface area (Å²) in [4.78, 5) is 0. The summed E-state index contributed by atoms with van der Waals surface area (Å²) in [7, 11) is 0. The molecule has 21 heteroatoms. The van der Waals surface area contributed by atoms with Gasteiger partial charge in [-0.25, -0.2) is 92.2 Å². The number of benzene rings is 5. The molecule has 0 spiro atoms. The highest BCUT2D eigenvalue weighted by atomic mass is 19.2. The third-order valence-corrected chi connectivity index (χ3v) is 8.82. The third-order valence-electron chi connectivity index (χ3n) is 8.82. The molecule has 0 aliphatic heterocycles. The molecule has 0 saturated heterocycles. The maximum atomic E-state index is 17.9. The first-order valence-corrected chi connectivity index (χ1v) is 13.5. The fourth-order valence-electron chi connectivity index (χ4n) is 6.73. The first kappa shape index (κ1) is 36.0. The van der Waals surface area contributed by atoms with E-state index in [0.29, 0.717) is 0 Å². The summed E-state index contributed by atoms with van der Waals surface area (Å²) >= 11 is 0. The fourth-order valence-corrected chi connectivity index (χ4v) is 6.73. The van der Waals surface area contributed by atoms with Crippen LogP contribution in [-0.2, 0) is 11.3 Å². The van der Waals surface area contributed by atoms with Crippen molar-refractivity contribution >= 4 is 0 Å². The lowest BCUT2D eigenvalue weighted by Crippen LogP contribution is -2.35. The van der Waals surface area contributed by atoms with Crippen molar-refractivity contribution in [2.24, 2.45) is 0 Å². The average molecular weight is 784 g/mol. The Balaban J connectivity index is 1.81. The minimum atomic E-state index is -5.69. The van der Waals surface area contributed by atoms with Crippen molar-refractivity contribution in [2.75, 3.05) is 0 Å². The van der Waals surface area contributed by atoms with Gasteiger partial charge in [0, 0.05) is 55.6 Å². The van der Waals surface area contributed by atoms with Gasteiger partial charge in [0.25, 0.3) is 0 Å². The summed E-state index contributed by atoms with van der Waals surface area (Å²) in [6.07, 6.45) is 0. The molecule has 0 radical (unpaired) electrons. The normalized spacial score (nSPS) is 14.8. The Hall–Kier alpha value is -5.37. The number of fused-ring (bicyclic) bond motifs is 6. The Morgan fingerprint density at radius 3 is 0.755 bits per heavy atom. The average Bonchev–Trinajstić information content (AvgIpc) is 3.57. The van der Waals surface area contributed by atoms with Crippen LogP contribution in [0.1, 0.15) is 33.4 Å². The number of alkyl halides is 2. The van der Waals surface area contributed by atoms with Gasteiger partial charge in [-0.3, -0.25) is 0 Å². The van der Waals surface area contributed by atoms with Crippen LogP contribution in [-0.4, -0.2) is 0 Å². The highest BCUT2D eigenvalue weighted by Crippen LogP contribution is 2.64. The predicted octanol–water partition coefficient (Wildman–Crippen LogP) is 10.8. The zero-order valence-electron chi connectivity index (χ0n) is 24.0. The van der Waals surface area contributed by atoms with Gasteiger partial charge in [-0.2, -0.15) is 0 Å². The monoisotopic (exact) mass is 784 g/mol. The van der Waals surface area contributed by atoms with Crippen LogP contribution >= 0.6 is 0 Å². The Morgan fingerprint density at radius 2 is 0.472 bits per heavy atom. The molecule has 0 atom stereocenters. The second-order valence-corrected chi connectivity index (χ2v) is 11.2. The van der Waals surface area contributed by atoms with Crippen molar-refractivity contribution in [1.82, 2.24) is 0 Å². The van der Waals surface area contributed by atoms with E-state index in [4.69, 9.17) is 0 Å². The Bertz CT molecular complexity index is 2450. The van der Waals surface area contributed by atoms with Gasteiger partial charge in [-0.05, 0) is 6.07 Å². The van der Waals surface area contributed by atoms with E-state index in [-0.39, 0.29) is 0 Å². The molecule has 0 unspecified atom stereocenters. The molecular weight excluding hydrogens is 783 g/mol. The van der Waals surface area contributed by atoms with Gasteiger partial charge in [0.2, 0.25) is 0 Å². The van der Waals surface area contributed by atoms with Crippen molar-refractivity contribution < 1.29 is 92.2 Å². The van der Waals surface area contributed by atoms with Crippen LogP contribution in [0.4, 0.5) is 92.2 Å². The highest BCUT2D eigenvalue weighted by molar-refractivity contribution is 5.87. The lowest BCUT2D eigenvalue weighted by Gasteiger charge is -2.33. The maximum absolute atomic E-state index is 17.9. The number of hydrogen-bond acceptors (Lipinski definition) is 0. The molecule has 0 heterocycles. The van der Waals surface area contributed by atoms with E-state index in [1.807, 2.05) is 0 Å². The first-order valence-electron chi connectivity index (χ1n) is 13.5. The predicted molar refractivity (Wildman–Crippen MR) is 131 cm³/mol. The molecule has 5 aromatic carbocycles. The summed E-state index contributed by atoms with van der Waals surface area (Å²) < 4.78 is 321. The molecule has 53 heavy (non-hydrogen) atoms. The van der Waals surface area contributed by atoms with Crippen LogP contribution in [0.3, 0.4) is 0 Å². The quantitative estimate of drug-likeness (QED) is 0.0950. The summed E-state index contributed by atoms with van der Waals surface area (Å²) in [5.41, 5.74) is -39.0. The van der Waals surface area contributed by atoms with Gasteiger partial charge in [-0.15, -0.1) is 0 Å². The van der Waals surface area contributed by atoms with Gasteiger partial charge in [0.15, 0.2) is 122 Å². The highest BCUT2D eigenvalue weighted by Gasteiger charge is 2.62. The molecule has 0 aromatic heterocycles. The summed E-state index contributed by atoms with van der Waals surface area (Å²) in [5.74, 6) is -60.0. The second-order valence-electron chi connectivity index (χ2n) is 11.2. The zero-order valence-corrected chi connectivity index (χ0v) is 24.0. The van der Waals surface area contributed by atoms with E-state index < -0.39 is 184 Å². The summed E-state index contributed by atoms with van der Waals surface area (Å²) in [6, 6.07) is -1.04. The Kier molecular flexibility index (Phi) is 7.37. The van der Waals surface area contributed by atoms with Crippen LogP contribution in [0.5, 0.6) is 0 Å². The van der Waals surface area contributed by atoms with Gasteiger partial charge in [0.05, 0.1) is 0 Å². The summed E-state index contributed by atoms with van der Waals surface area (Å²) in [5, 5.41) is 0. The lowest BCUT2D eigenvalue weighted by atomic mass is 9.75. The van der Waals surface area contributed by atoms with Crippen molar-refractivity contribution in [3.05, 3.63) is 150 Å². The minimum absolute atomic E-state index is 1.04. The van der Waals surface area contributed by atoms with E-state index in [0.717, 1.165) is 0 Å². The largest absolute Gasteiger partial charge is 0.228 e. The van der Waals surface area contributed by atoms with Crippen LogP contribution < -0.4 is 0 Å². The van der Waals surface area contributed by atoms with Crippen LogP contribution in [0.25, 0.3) is 22.3 Å². The molecule has 0 nitrogen and oxygen atoms in total. The fraction of sp³-hybridized carbons (Fsp3) is 0.0625. The second kappa shape index (κ2) is 10.8. The Labute approximate surface area is 276 Å². The Morgan fingerprint density at radius 1 is 0.245 bits per heavy atom. The number of rotatable bonds is 2. The maximum Gasteiger partial charge on any atom is 0.198 e. The van der Waals surface area contributed by atoms with Gasteiger partial charge < -0.3 is 0 Å². The number of halogens is 21. The van der Waals surface area contributed by atoms with E-state index in [1.165, 1.54) is 0 Å². The van der Waals surface area contributed by atoms with Crippen molar-refractivity contribution in [1.29, 1.82) is 0 Å². The molecule has 0 fully saturated rings. The molecule has 2 aliphatic rings. The van der Waals surface area contributed by atoms with E-state index in [9.17, 15) is 43.9 Å². The topological polar surface area (TPSA) is 0 Å². The molecule has 0 amide bonds. The van der Waals surface area contributed by atoms with Crippen LogP contribution in [0, 0.1) is 111 Å². The van der Waals surface area contributed by atoms with Gasteiger partial charge in [-0.1, -0.05) is 0 Å². The van der Waals surface area contributed by atoms with E-state index in [1.54, 1.807) is 0 Å². The molecule has 0 saturated carbocycles. The summed E-state index contributed by atoms with van der Waals surface area (Å²) in [6.45, 7) is 0. The van der Waals surface area contributed by atoms with Crippen LogP contribution in [0.15, 0.2) is 6.07 Å². The molecule has 0 N–H and O–H groups in total.